The number of phenols is 1. The van der Waals surface area contributed by atoms with Crippen molar-refractivity contribution < 1.29 is 9.84 Å². The van der Waals surface area contributed by atoms with Crippen molar-refractivity contribution in [3.05, 3.63) is 48.9 Å². The molecule has 7 heteroatoms. The summed E-state index contributed by atoms with van der Waals surface area (Å²) in [7, 11) is 1.61. The standard InChI is InChI=1S/C20H23N5O2/c1-3-14(21)11-24-19-7-9-23-20(25-19)15-10-13(4-5-17(15)26)16-12-22-8-6-18(16)27-2/h4-10,12,14,26H,3,11,21H2,1-2H3,(H,23,24,25)/t14-/m0/s1. The highest BCUT2D eigenvalue weighted by molar-refractivity contribution is 5.77. The number of phenolic OH excluding ortho intramolecular Hbond substituents is 1. The molecule has 0 aliphatic carbocycles. The van der Waals surface area contributed by atoms with Gasteiger partial charge in [0.2, 0.25) is 0 Å². The number of aromatic nitrogens is 3. The Morgan fingerprint density at radius 3 is 2.81 bits per heavy atom. The lowest BCUT2D eigenvalue weighted by molar-refractivity contribution is 0.416. The van der Waals surface area contributed by atoms with Gasteiger partial charge in [0.1, 0.15) is 17.3 Å². The number of anilines is 1. The first-order valence-electron chi connectivity index (χ1n) is 8.76. The van der Waals surface area contributed by atoms with Crippen LogP contribution in [0.3, 0.4) is 0 Å². The van der Waals surface area contributed by atoms with Gasteiger partial charge in [-0.3, -0.25) is 4.98 Å². The predicted molar refractivity (Wildman–Crippen MR) is 106 cm³/mol. The molecular weight excluding hydrogens is 342 g/mol. The molecule has 0 saturated heterocycles. The number of rotatable bonds is 7. The van der Waals surface area contributed by atoms with Crippen LogP contribution in [0.1, 0.15) is 13.3 Å². The second-order valence-corrected chi connectivity index (χ2v) is 6.12. The monoisotopic (exact) mass is 365 g/mol. The van der Waals surface area contributed by atoms with Crippen LogP contribution >= 0.6 is 0 Å². The minimum absolute atomic E-state index is 0.0539. The van der Waals surface area contributed by atoms with Crippen molar-refractivity contribution in [2.24, 2.45) is 5.73 Å². The number of methoxy groups -OCH3 is 1. The molecule has 27 heavy (non-hydrogen) atoms. The molecule has 140 valence electrons. The van der Waals surface area contributed by atoms with E-state index in [2.05, 4.69) is 20.3 Å². The largest absolute Gasteiger partial charge is 0.507 e. The van der Waals surface area contributed by atoms with E-state index in [4.69, 9.17) is 10.5 Å². The summed E-state index contributed by atoms with van der Waals surface area (Å²) in [6.07, 6.45) is 5.92. The Balaban J connectivity index is 1.95. The number of hydrogen-bond acceptors (Lipinski definition) is 7. The number of nitrogens with zero attached hydrogens (tertiary/aromatic N) is 3. The molecule has 0 fully saturated rings. The molecule has 0 amide bonds. The van der Waals surface area contributed by atoms with Gasteiger partial charge in [0, 0.05) is 36.7 Å². The van der Waals surface area contributed by atoms with Crippen molar-refractivity contribution in [1.82, 2.24) is 15.0 Å². The van der Waals surface area contributed by atoms with Crippen LogP contribution in [0, 0.1) is 0 Å². The zero-order chi connectivity index (χ0) is 19.2. The van der Waals surface area contributed by atoms with Gasteiger partial charge < -0.3 is 20.9 Å². The lowest BCUT2D eigenvalue weighted by atomic mass is 10.0. The minimum atomic E-state index is 0.0539. The molecule has 1 aromatic carbocycles. The molecule has 1 atom stereocenters. The van der Waals surface area contributed by atoms with Crippen LogP contribution in [0.4, 0.5) is 5.82 Å². The number of hydrogen-bond donors (Lipinski definition) is 3. The Bertz CT molecular complexity index is 916. The van der Waals surface area contributed by atoms with Gasteiger partial charge in [-0.15, -0.1) is 0 Å². The van der Waals surface area contributed by atoms with E-state index in [9.17, 15) is 5.11 Å². The molecule has 3 rings (SSSR count). The summed E-state index contributed by atoms with van der Waals surface area (Å²) < 4.78 is 5.40. The van der Waals surface area contributed by atoms with Crippen molar-refractivity contribution in [1.29, 1.82) is 0 Å². The third-order valence-corrected chi connectivity index (χ3v) is 4.27. The first-order chi connectivity index (χ1) is 13.1. The maximum atomic E-state index is 10.3. The van der Waals surface area contributed by atoms with Crippen molar-refractivity contribution in [2.45, 2.75) is 19.4 Å². The van der Waals surface area contributed by atoms with Gasteiger partial charge in [0.15, 0.2) is 5.82 Å². The average molecular weight is 365 g/mol. The maximum Gasteiger partial charge on any atom is 0.165 e. The lowest BCUT2D eigenvalue weighted by Crippen LogP contribution is -2.28. The van der Waals surface area contributed by atoms with Crippen molar-refractivity contribution >= 4 is 5.82 Å². The number of pyridine rings is 1. The van der Waals surface area contributed by atoms with Crippen LogP contribution in [0.2, 0.25) is 0 Å². The summed E-state index contributed by atoms with van der Waals surface area (Å²) in [5.41, 5.74) is 8.14. The minimum Gasteiger partial charge on any atom is -0.507 e. The van der Waals surface area contributed by atoms with Crippen LogP contribution < -0.4 is 15.8 Å². The molecule has 0 saturated carbocycles. The summed E-state index contributed by atoms with van der Waals surface area (Å²) in [6.45, 7) is 2.65. The van der Waals surface area contributed by atoms with E-state index in [1.807, 2.05) is 13.0 Å². The molecule has 2 heterocycles. The van der Waals surface area contributed by atoms with Gasteiger partial charge in [-0.25, -0.2) is 9.97 Å². The molecule has 0 spiro atoms. The summed E-state index contributed by atoms with van der Waals surface area (Å²) in [6, 6.07) is 8.87. The molecule has 7 nitrogen and oxygen atoms in total. The van der Waals surface area contributed by atoms with Crippen LogP contribution in [0.15, 0.2) is 48.9 Å². The molecule has 4 N–H and O–H groups in total. The van der Waals surface area contributed by atoms with Gasteiger partial charge in [-0.05, 0) is 36.2 Å². The maximum absolute atomic E-state index is 10.3. The zero-order valence-electron chi connectivity index (χ0n) is 15.4. The van der Waals surface area contributed by atoms with Crippen LogP contribution in [0.5, 0.6) is 11.5 Å². The van der Waals surface area contributed by atoms with E-state index in [1.54, 1.807) is 50.0 Å². The quantitative estimate of drug-likeness (QED) is 0.591. The first kappa shape index (κ1) is 18.6. The topological polar surface area (TPSA) is 106 Å². The fourth-order valence-electron chi connectivity index (χ4n) is 2.63. The Hall–Kier alpha value is -3.19. The summed E-state index contributed by atoms with van der Waals surface area (Å²) in [5, 5.41) is 13.5. The van der Waals surface area contributed by atoms with Crippen LogP contribution in [-0.4, -0.2) is 39.8 Å². The predicted octanol–water partition coefficient (Wildman–Crippen LogP) is 3.07. The number of ether oxygens (including phenoxy) is 1. The normalized spacial score (nSPS) is 11.8. The van der Waals surface area contributed by atoms with E-state index in [-0.39, 0.29) is 11.8 Å². The van der Waals surface area contributed by atoms with Gasteiger partial charge in [-0.2, -0.15) is 0 Å². The number of nitrogens with one attached hydrogen (secondary N) is 1. The van der Waals surface area contributed by atoms with Crippen LogP contribution in [-0.2, 0) is 0 Å². The highest BCUT2D eigenvalue weighted by atomic mass is 16.5. The van der Waals surface area contributed by atoms with E-state index < -0.39 is 0 Å². The Morgan fingerprint density at radius 2 is 2.04 bits per heavy atom. The highest BCUT2D eigenvalue weighted by Gasteiger charge is 2.13. The van der Waals surface area contributed by atoms with Gasteiger partial charge in [0.05, 0.1) is 12.7 Å². The van der Waals surface area contributed by atoms with E-state index >= 15 is 0 Å². The van der Waals surface area contributed by atoms with Gasteiger partial charge in [0.25, 0.3) is 0 Å². The second-order valence-electron chi connectivity index (χ2n) is 6.12. The summed E-state index contributed by atoms with van der Waals surface area (Å²) >= 11 is 0. The third kappa shape index (κ3) is 4.32. The number of aromatic hydroxyl groups is 1. The number of nitrogens with two attached hydrogens (primary N) is 1. The van der Waals surface area contributed by atoms with Crippen molar-refractivity contribution in [2.75, 3.05) is 19.0 Å². The smallest absolute Gasteiger partial charge is 0.165 e. The van der Waals surface area contributed by atoms with Crippen molar-refractivity contribution in [3.63, 3.8) is 0 Å². The molecule has 0 unspecified atom stereocenters. The van der Waals surface area contributed by atoms with Crippen LogP contribution in [0.25, 0.3) is 22.5 Å². The molecule has 0 bridgehead atoms. The Kier molecular flexibility index (Phi) is 5.83. The van der Waals surface area contributed by atoms with E-state index in [0.717, 1.165) is 17.5 Å². The fraction of sp³-hybridized carbons (Fsp3) is 0.250. The third-order valence-electron chi connectivity index (χ3n) is 4.27. The SMILES string of the molecule is CC[C@H](N)CNc1ccnc(-c2cc(-c3cnccc3OC)ccc2O)n1. The molecule has 2 aromatic heterocycles. The van der Waals surface area contributed by atoms with Crippen molar-refractivity contribution in [3.8, 4) is 34.0 Å². The lowest BCUT2D eigenvalue weighted by Gasteiger charge is -2.12. The highest BCUT2D eigenvalue weighted by Crippen LogP contribution is 2.35. The van der Waals surface area contributed by atoms with Gasteiger partial charge in [-0.1, -0.05) is 13.0 Å². The number of benzene rings is 1. The molecule has 0 aliphatic rings. The molecule has 0 aliphatic heterocycles. The average Bonchev–Trinajstić information content (AvgIpc) is 2.72. The fourth-order valence-corrected chi connectivity index (χ4v) is 2.63. The van der Waals surface area contributed by atoms with E-state index in [1.165, 1.54) is 0 Å². The Morgan fingerprint density at radius 1 is 1.19 bits per heavy atom. The van der Waals surface area contributed by atoms with E-state index in [0.29, 0.717) is 29.5 Å². The Labute approximate surface area is 158 Å². The summed E-state index contributed by atoms with van der Waals surface area (Å²) in [5.74, 6) is 1.88. The van der Waals surface area contributed by atoms with Gasteiger partial charge >= 0.3 is 0 Å². The zero-order valence-corrected chi connectivity index (χ0v) is 15.4. The second kappa shape index (κ2) is 8.46. The first-order valence-corrected chi connectivity index (χ1v) is 8.76. The molecule has 3 aromatic rings. The molecular formula is C20H23N5O2. The molecule has 0 radical (unpaired) electrons. The summed E-state index contributed by atoms with van der Waals surface area (Å²) in [4.78, 5) is 13.0.